The van der Waals surface area contributed by atoms with E-state index in [2.05, 4.69) is 46.6 Å². The van der Waals surface area contributed by atoms with Crippen LogP contribution in [0.2, 0.25) is 0 Å². The Kier molecular flexibility index (Phi) is 6.23. The van der Waals surface area contributed by atoms with Crippen LogP contribution in [0.4, 0.5) is 11.4 Å². The highest BCUT2D eigenvalue weighted by atomic mass is 16.4. The molecule has 0 aromatic heterocycles. The van der Waals surface area contributed by atoms with Crippen LogP contribution in [0.15, 0.2) is 60.7 Å². The van der Waals surface area contributed by atoms with E-state index in [9.17, 15) is 9.90 Å². The highest BCUT2D eigenvalue weighted by Crippen LogP contribution is 2.32. The van der Waals surface area contributed by atoms with Crippen LogP contribution < -0.4 is 11.1 Å². The van der Waals surface area contributed by atoms with Crippen LogP contribution in [0.1, 0.15) is 35.2 Å². The van der Waals surface area contributed by atoms with Crippen molar-refractivity contribution in [3.63, 3.8) is 0 Å². The van der Waals surface area contributed by atoms with Gasteiger partial charge in [0.1, 0.15) is 0 Å². The molecule has 0 radical (unpaired) electrons. The molecule has 1 aliphatic rings. The minimum atomic E-state index is -1.03. The summed E-state index contributed by atoms with van der Waals surface area (Å²) in [6, 6.07) is 20.5. The number of nitrogen functional groups attached to an aromatic ring is 1. The van der Waals surface area contributed by atoms with Crippen LogP contribution >= 0.6 is 0 Å². The van der Waals surface area contributed by atoms with Crippen molar-refractivity contribution in [2.24, 2.45) is 0 Å². The smallest absolute Gasteiger partial charge is 0.337 e. The highest BCUT2D eigenvalue weighted by Gasteiger charge is 2.14. The van der Waals surface area contributed by atoms with Gasteiger partial charge in [-0.3, -0.25) is 4.90 Å². The number of aromatic carboxylic acids is 1. The molecular weight excluding hydrogens is 386 g/mol. The fraction of sp³-hybridized carbons (Fsp3) is 0.269. The lowest BCUT2D eigenvalue weighted by atomic mass is 9.97. The number of nitrogens with two attached hydrogens (primary N) is 1. The molecule has 4 N–H and O–H groups in total. The van der Waals surface area contributed by atoms with Crippen molar-refractivity contribution < 1.29 is 9.90 Å². The number of hydrogen-bond acceptors (Lipinski definition) is 4. The van der Waals surface area contributed by atoms with Crippen molar-refractivity contribution >= 4 is 17.3 Å². The molecular formula is C26H29N3O2. The zero-order valence-electron chi connectivity index (χ0n) is 17.9. The minimum absolute atomic E-state index is 0.108. The molecule has 4 rings (SSSR count). The Bertz CT molecular complexity index is 1070. The van der Waals surface area contributed by atoms with Crippen molar-refractivity contribution in [2.75, 3.05) is 31.2 Å². The van der Waals surface area contributed by atoms with Crippen LogP contribution in [-0.4, -0.2) is 36.1 Å². The van der Waals surface area contributed by atoms with Crippen molar-refractivity contribution in [3.05, 3.63) is 71.8 Å². The maximum atomic E-state index is 11.6. The molecule has 0 bridgehead atoms. The van der Waals surface area contributed by atoms with Crippen molar-refractivity contribution in [2.45, 2.75) is 25.8 Å². The monoisotopic (exact) mass is 415 g/mol. The average Bonchev–Trinajstić information content (AvgIpc) is 2.80. The zero-order chi connectivity index (χ0) is 21.8. The third-order valence-electron chi connectivity index (χ3n) is 6.01. The summed E-state index contributed by atoms with van der Waals surface area (Å²) in [5, 5.41) is 12.5. The first-order valence-electron chi connectivity index (χ1n) is 10.8. The van der Waals surface area contributed by atoms with Gasteiger partial charge in [0.25, 0.3) is 0 Å². The van der Waals surface area contributed by atoms with Gasteiger partial charge >= 0.3 is 5.97 Å². The van der Waals surface area contributed by atoms with E-state index < -0.39 is 5.97 Å². The third kappa shape index (κ3) is 4.72. The Morgan fingerprint density at radius 3 is 2.26 bits per heavy atom. The van der Waals surface area contributed by atoms with Gasteiger partial charge in [-0.15, -0.1) is 0 Å². The molecule has 3 aromatic rings. The van der Waals surface area contributed by atoms with Crippen LogP contribution in [0.25, 0.3) is 22.3 Å². The number of anilines is 2. The number of hydrogen-bond donors (Lipinski definition) is 3. The van der Waals surface area contributed by atoms with E-state index in [0.717, 1.165) is 23.2 Å². The second kappa shape index (κ2) is 9.23. The second-order valence-corrected chi connectivity index (χ2v) is 8.15. The summed E-state index contributed by atoms with van der Waals surface area (Å²) >= 11 is 0. The van der Waals surface area contributed by atoms with E-state index in [0.29, 0.717) is 5.69 Å². The maximum absolute atomic E-state index is 11.6. The number of carboxylic acids is 1. The number of benzene rings is 3. The number of carboxylic acid groups (broad SMARTS) is 1. The first-order chi connectivity index (χ1) is 15.0. The number of nitrogens with zero attached hydrogens (tertiary/aromatic N) is 1. The number of carbonyl (C=O) groups is 1. The van der Waals surface area contributed by atoms with E-state index >= 15 is 0 Å². The Labute approximate surface area is 183 Å². The second-order valence-electron chi connectivity index (χ2n) is 8.15. The highest BCUT2D eigenvalue weighted by molar-refractivity contribution is 5.99. The van der Waals surface area contributed by atoms with Crippen LogP contribution in [-0.2, 0) is 6.54 Å². The van der Waals surface area contributed by atoms with Gasteiger partial charge in [0.05, 0.1) is 16.9 Å². The normalized spacial score (nSPS) is 14.4. The van der Waals surface area contributed by atoms with Gasteiger partial charge in [0.2, 0.25) is 0 Å². The summed E-state index contributed by atoms with van der Waals surface area (Å²) in [5.74, 6) is -1.03. The molecule has 0 unspecified atom stereocenters. The summed E-state index contributed by atoms with van der Waals surface area (Å²) in [6.07, 6.45) is 3.94. The molecule has 31 heavy (non-hydrogen) atoms. The number of rotatable bonds is 6. The lowest BCUT2D eigenvalue weighted by molar-refractivity contribution is 0.0698. The number of nitrogens with one attached hydrogen (secondary N) is 1. The minimum Gasteiger partial charge on any atom is -0.478 e. The van der Waals surface area contributed by atoms with Gasteiger partial charge in [0.15, 0.2) is 0 Å². The molecule has 5 nitrogen and oxygen atoms in total. The predicted octanol–water partition coefficient (Wildman–Crippen LogP) is 5.33. The number of piperidine rings is 1. The topological polar surface area (TPSA) is 78.6 Å². The zero-order valence-corrected chi connectivity index (χ0v) is 17.9. The molecule has 160 valence electrons. The van der Waals surface area contributed by atoms with Crippen LogP contribution in [0, 0.1) is 0 Å². The van der Waals surface area contributed by atoms with E-state index in [1.54, 1.807) is 13.1 Å². The summed E-state index contributed by atoms with van der Waals surface area (Å²) in [5.41, 5.74) is 12.4. The molecule has 1 aliphatic heterocycles. The quantitative estimate of drug-likeness (QED) is 0.474. The lowest BCUT2D eigenvalue weighted by Crippen LogP contribution is -2.29. The van der Waals surface area contributed by atoms with E-state index in [1.165, 1.54) is 43.5 Å². The van der Waals surface area contributed by atoms with Crippen molar-refractivity contribution in [1.82, 2.24) is 4.90 Å². The molecule has 1 fully saturated rings. The van der Waals surface area contributed by atoms with Gasteiger partial charge in [-0.1, -0.05) is 48.9 Å². The maximum Gasteiger partial charge on any atom is 0.337 e. The van der Waals surface area contributed by atoms with Gasteiger partial charge in [0, 0.05) is 13.6 Å². The standard InChI is InChI=1S/C26H29N3O2/c1-28-24-16-22(15-23(25(24)27)26(30)31)20-10-8-19(9-11-20)21-7-5-6-18(14-21)17-29-12-3-2-4-13-29/h5-11,14-16,28H,2-4,12-13,17,27H2,1H3,(H,30,31). The molecule has 0 amide bonds. The predicted molar refractivity (Wildman–Crippen MR) is 127 cm³/mol. The molecule has 1 heterocycles. The van der Waals surface area contributed by atoms with Crippen LogP contribution in [0.5, 0.6) is 0 Å². The molecule has 5 heteroatoms. The third-order valence-corrected chi connectivity index (χ3v) is 6.01. The van der Waals surface area contributed by atoms with Crippen molar-refractivity contribution in [1.29, 1.82) is 0 Å². The molecule has 0 saturated carbocycles. The first kappa shape index (κ1) is 20.9. The Balaban J connectivity index is 1.58. The largest absolute Gasteiger partial charge is 0.478 e. The summed E-state index contributed by atoms with van der Waals surface area (Å²) < 4.78 is 0. The van der Waals surface area contributed by atoms with Crippen molar-refractivity contribution in [3.8, 4) is 22.3 Å². The van der Waals surface area contributed by atoms with Gasteiger partial charge in [-0.2, -0.15) is 0 Å². The molecule has 0 atom stereocenters. The number of likely N-dealkylation sites (tertiary alicyclic amines) is 1. The lowest BCUT2D eigenvalue weighted by Gasteiger charge is -2.26. The molecule has 3 aromatic carbocycles. The Morgan fingerprint density at radius 2 is 1.61 bits per heavy atom. The molecule has 0 spiro atoms. The van der Waals surface area contributed by atoms with E-state index in [1.807, 2.05) is 18.2 Å². The summed E-state index contributed by atoms with van der Waals surface area (Å²) in [4.78, 5) is 14.1. The Hall–Kier alpha value is -3.31. The molecule has 1 saturated heterocycles. The van der Waals surface area contributed by atoms with Gasteiger partial charge in [-0.05, 0) is 71.9 Å². The summed E-state index contributed by atoms with van der Waals surface area (Å²) in [7, 11) is 1.74. The van der Waals surface area contributed by atoms with Gasteiger partial charge in [-0.25, -0.2) is 4.79 Å². The summed E-state index contributed by atoms with van der Waals surface area (Å²) in [6.45, 7) is 3.38. The fourth-order valence-corrected chi connectivity index (χ4v) is 4.28. The molecule has 0 aliphatic carbocycles. The Morgan fingerprint density at radius 1 is 0.935 bits per heavy atom. The van der Waals surface area contributed by atoms with Gasteiger partial charge < -0.3 is 16.2 Å². The average molecular weight is 416 g/mol. The first-order valence-corrected chi connectivity index (χ1v) is 10.8. The van der Waals surface area contributed by atoms with E-state index in [4.69, 9.17) is 5.73 Å². The van der Waals surface area contributed by atoms with Crippen LogP contribution in [0.3, 0.4) is 0 Å². The van der Waals surface area contributed by atoms with E-state index in [-0.39, 0.29) is 11.3 Å². The SMILES string of the molecule is CNc1cc(-c2ccc(-c3cccc(CN4CCCCC4)c3)cc2)cc(C(=O)O)c1N. The fourth-order valence-electron chi connectivity index (χ4n) is 4.28.